The number of fused-ring (bicyclic) bond motifs is 1. The SMILES string of the molecule is O=C(Nc1cccnc1)/C(N=Nc1ccc2c(c1)OCCO2)=C(/O)c1ccccc1. The first-order chi connectivity index (χ1) is 14.7. The van der Waals surface area contributed by atoms with Gasteiger partial charge in [0.05, 0.1) is 17.6 Å². The molecule has 8 nitrogen and oxygen atoms in total. The summed E-state index contributed by atoms with van der Waals surface area (Å²) in [6, 6.07) is 17.1. The molecule has 0 saturated heterocycles. The number of aliphatic hydroxyl groups is 1. The third kappa shape index (κ3) is 4.44. The molecule has 2 N–H and O–H groups in total. The summed E-state index contributed by atoms with van der Waals surface area (Å²) in [7, 11) is 0. The smallest absolute Gasteiger partial charge is 0.280 e. The van der Waals surface area contributed by atoms with Gasteiger partial charge in [-0.1, -0.05) is 30.3 Å². The molecular formula is C22H18N4O4. The van der Waals surface area contributed by atoms with E-state index < -0.39 is 5.91 Å². The maximum atomic E-state index is 12.8. The Morgan fingerprint density at radius 2 is 1.80 bits per heavy atom. The predicted molar refractivity (Wildman–Crippen MR) is 111 cm³/mol. The lowest BCUT2D eigenvalue weighted by Crippen LogP contribution is -2.15. The highest BCUT2D eigenvalue weighted by Crippen LogP contribution is 2.34. The fourth-order valence-electron chi connectivity index (χ4n) is 2.76. The molecule has 30 heavy (non-hydrogen) atoms. The van der Waals surface area contributed by atoms with Gasteiger partial charge in [0.2, 0.25) is 0 Å². The van der Waals surface area contributed by atoms with Crippen molar-refractivity contribution in [1.82, 2.24) is 4.98 Å². The molecule has 4 rings (SSSR count). The van der Waals surface area contributed by atoms with Crippen molar-refractivity contribution in [2.75, 3.05) is 18.5 Å². The molecule has 150 valence electrons. The summed E-state index contributed by atoms with van der Waals surface area (Å²) < 4.78 is 11.0. The second kappa shape index (κ2) is 8.87. The van der Waals surface area contributed by atoms with E-state index in [-0.39, 0.29) is 11.5 Å². The van der Waals surface area contributed by atoms with Gasteiger partial charge in [-0.15, -0.1) is 5.11 Å². The summed E-state index contributed by atoms with van der Waals surface area (Å²) in [5, 5.41) is 21.5. The third-order valence-electron chi connectivity index (χ3n) is 4.20. The number of amides is 1. The van der Waals surface area contributed by atoms with Crippen molar-refractivity contribution in [3.8, 4) is 11.5 Å². The number of anilines is 1. The number of nitrogens with one attached hydrogen (secondary N) is 1. The van der Waals surface area contributed by atoms with Crippen molar-refractivity contribution >= 4 is 23.0 Å². The highest BCUT2D eigenvalue weighted by molar-refractivity contribution is 6.07. The predicted octanol–water partition coefficient (Wildman–Crippen LogP) is 4.50. The number of carbonyl (C=O) groups is 1. The quantitative estimate of drug-likeness (QED) is 0.371. The van der Waals surface area contributed by atoms with Crippen LogP contribution in [-0.2, 0) is 4.79 Å². The monoisotopic (exact) mass is 402 g/mol. The van der Waals surface area contributed by atoms with Gasteiger partial charge in [0.1, 0.15) is 13.2 Å². The van der Waals surface area contributed by atoms with Crippen LogP contribution in [-0.4, -0.2) is 29.2 Å². The lowest BCUT2D eigenvalue weighted by atomic mass is 10.1. The summed E-state index contributed by atoms with van der Waals surface area (Å²) in [6.45, 7) is 0.932. The van der Waals surface area contributed by atoms with Crippen LogP contribution in [0.4, 0.5) is 11.4 Å². The zero-order chi connectivity index (χ0) is 20.8. The molecule has 1 aliphatic heterocycles. The van der Waals surface area contributed by atoms with Crippen LogP contribution >= 0.6 is 0 Å². The molecule has 0 aliphatic carbocycles. The van der Waals surface area contributed by atoms with Crippen molar-refractivity contribution in [3.05, 3.63) is 84.3 Å². The number of carbonyl (C=O) groups excluding carboxylic acids is 1. The Kier molecular flexibility index (Phi) is 5.66. The molecule has 2 aromatic carbocycles. The van der Waals surface area contributed by atoms with Crippen LogP contribution in [0.3, 0.4) is 0 Å². The molecule has 8 heteroatoms. The van der Waals surface area contributed by atoms with Crippen molar-refractivity contribution < 1.29 is 19.4 Å². The number of hydrogen-bond acceptors (Lipinski definition) is 7. The molecule has 0 spiro atoms. The first-order valence-electron chi connectivity index (χ1n) is 9.22. The molecule has 0 saturated carbocycles. The Morgan fingerprint density at radius 3 is 2.57 bits per heavy atom. The Balaban J connectivity index is 1.66. The Hall–Kier alpha value is -4.20. The average molecular weight is 402 g/mol. The lowest BCUT2D eigenvalue weighted by Gasteiger charge is -2.17. The number of aliphatic hydroxyl groups excluding tert-OH is 1. The number of hydrogen-bond donors (Lipinski definition) is 2. The minimum absolute atomic E-state index is 0.236. The topological polar surface area (TPSA) is 105 Å². The number of ether oxygens (including phenoxy) is 2. The largest absolute Gasteiger partial charge is 0.505 e. The Morgan fingerprint density at radius 1 is 1.00 bits per heavy atom. The van der Waals surface area contributed by atoms with Crippen LogP contribution < -0.4 is 14.8 Å². The van der Waals surface area contributed by atoms with E-state index in [1.807, 2.05) is 6.07 Å². The minimum Gasteiger partial charge on any atom is -0.505 e. The Labute approximate surface area is 172 Å². The molecule has 0 atom stereocenters. The van der Waals surface area contributed by atoms with Crippen LogP contribution in [0.25, 0.3) is 5.76 Å². The van der Waals surface area contributed by atoms with E-state index in [9.17, 15) is 9.90 Å². The lowest BCUT2D eigenvalue weighted by molar-refractivity contribution is -0.112. The highest BCUT2D eigenvalue weighted by atomic mass is 16.6. The van der Waals surface area contributed by atoms with E-state index >= 15 is 0 Å². The molecule has 2 heterocycles. The highest BCUT2D eigenvalue weighted by Gasteiger charge is 2.18. The molecule has 1 aliphatic rings. The normalized spacial score (nSPS) is 13.6. The van der Waals surface area contributed by atoms with Gasteiger partial charge in [-0.05, 0) is 24.3 Å². The van der Waals surface area contributed by atoms with Crippen molar-refractivity contribution in [3.63, 3.8) is 0 Å². The van der Waals surface area contributed by atoms with E-state index in [2.05, 4.69) is 20.5 Å². The van der Waals surface area contributed by atoms with Gasteiger partial charge < -0.3 is 19.9 Å². The van der Waals surface area contributed by atoms with Gasteiger partial charge in [-0.2, -0.15) is 5.11 Å². The van der Waals surface area contributed by atoms with Gasteiger partial charge in [-0.25, -0.2) is 0 Å². The number of pyridine rings is 1. The van der Waals surface area contributed by atoms with Crippen molar-refractivity contribution in [2.24, 2.45) is 10.2 Å². The van der Waals surface area contributed by atoms with E-state index in [0.29, 0.717) is 41.7 Å². The molecule has 0 bridgehead atoms. The summed E-state index contributed by atoms with van der Waals surface area (Å²) in [4.78, 5) is 16.8. The Bertz CT molecular complexity index is 1100. The van der Waals surface area contributed by atoms with Crippen LogP contribution in [0, 0.1) is 0 Å². The van der Waals surface area contributed by atoms with Gasteiger partial charge in [0.25, 0.3) is 5.91 Å². The number of aromatic nitrogens is 1. The van der Waals surface area contributed by atoms with Crippen LogP contribution in [0.15, 0.2) is 89.0 Å². The molecule has 0 unspecified atom stereocenters. The van der Waals surface area contributed by atoms with Gasteiger partial charge in [0, 0.05) is 17.8 Å². The van der Waals surface area contributed by atoms with E-state index in [0.717, 1.165) is 0 Å². The molecule has 1 aromatic heterocycles. The molecule has 1 amide bonds. The number of benzene rings is 2. The zero-order valence-electron chi connectivity index (χ0n) is 15.9. The maximum absolute atomic E-state index is 12.8. The second-order valence-electron chi connectivity index (χ2n) is 6.29. The van der Waals surface area contributed by atoms with E-state index in [4.69, 9.17) is 9.47 Å². The zero-order valence-corrected chi connectivity index (χ0v) is 15.9. The molecular weight excluding hydrogens is 384 g/mol. The van der Waals surface area contributed by atoms with Crippen molar-refractivity contribution in [1.29, 1.82) is 0 Å². The number of rotatable bonds is 5. The van der Waals surface area contributed by atoms with E-state index in [1.54, 1.807) is 60.8 Å². The van der Waals surface area contributed by atoms with Crippen LogP contribution in [0.2, 0.25) is 0 Å². The van der Waals surface area contributed by atoms with Gasteiger partial charge in [0.15, 0.2) is 23.0 Å². The number of azo groups is 1. The van der Waals surface area contributed by atoms with E-state index in [1.165, 1.54) is 6.20 Å². The standard InChI is InChI=1S/C22H18N4O4/c27-21(15-5-2-1-3-6-15)20(22(28)24-17-7-4-10-23-14-17)26-25-16-8-9-18-19(13-16)30-12-11-29-18/h1-10,13-14,27H,11-12H2,(H,24,28)/b21-20-,26-25?. The first kappa shape index (κ1) is 19.1. The average Bonchev–Trinajstić information content (AvgIpc) is 2.80. The molecule has 0 radical (unpaired) electrons. The number of nitrogens with zero attached hydrogens (tertiary/aromatic N) is 3. The van der Waals surface area contributed by atoms with Crippen LogP contribution in [0.5, 0.6) is 11.5 Å². The fourth-order valence-corrected chi connectivity index (χ4v) is 2.76. The van der Waals surface area contributed by atoms with Gasteiger partial charge >= 0.3 is 0 Å². The third-order valence-corrected chi connectivity index (χ3v) is 4.20. The summed E-state index contributed by atoms with van der Waals surface area (Å²) in [6.07, 6.45) is 3.09. The molecule has 3 aromatic rings. The summed E-state index contributed by atoms with van der Waals surface area (Å²) in [5.74, 6) is 0.261. The van der Waals surface area contributed by atoms with Crippen LogP contribution in [0.1, 0.15) is 5.56 Å². The summed E-state index contributed by atoms with van der Waals surface area (Å²) >= 11 is 0. The van der Waals surface area contributed by atoms with Gasteiger partial charge in [-0.3, -0.25) is 9.78 Å². The van der Waals surface area contributed by atoms with Crippen molar-refractivity contribution in [2.45, 2.75) is 0 Å². The maximum Gasteiger partial charge on any atom is 0.280 e. The summed E-state index contributed by atoms with van der Waals surface area (Å²) in [5.41, 5.74) is 1.12. The fraction of sp³-hybridized carbons (Fsp3) is 0.0909. The minimum atomic E-state index is -0.620. The molecule has 0 fully saturated rings. The second-order valence-corrected chi connectivity index (χ2v) is 6.29. The first-order valence-corrected chi connectivity index (χ1v) is 9.22.